The summed E-state index contributed by atoms with van der Waals surface area (Å²) in [6.45, 7) is 2.97. The molecule has 31 heavy (non-hydrogen) atoms. The lowest BCUT2D eigenvalue weighted by Crippen LogP contribution is -2.52. The van der Waals surface area contributed by atoms with Crippen molar-refractivity contribution in [1.82, 2.24) is 20.3 Å². The first-order chi connectivity index (χ1) is 14.6. The Morgan fingerprint density at radius 3 is 2.87 bits per heavy atom. The molecule has 0 bridgehead atoms. The zero-order valence-electron chi connectivity index (χ0n) is 16.6. The Morgan fingerprint density at radius 1 is 1.35 bits per heavy atom. The maximum absolute atomic E-state index is 13.5. The Morgan fingerprint density at radius 2 is 2.13 bits per heavy atom. The van der Waals surface area contributed by atoms with Crippen LogP contribution in [0.5, 0.6) is 0 Å². The molecule has 1 aromatic carbocycles. The molecule has 2 aromatic heterocycles. The van der Waals surface area contributed by atoms with Crippen LogP contribution in [0.3, 0.4) is 0 Å². The lowest BCUT2D eigenvalue weighted by atomic mass is 10.00. The average molecular weight is 436 g/mol. The number of halogens is 4. The number of hydrogen-bond donors (Lipinski definition) is 3. The van der Waals surface area contributed by atoms with E-state index in [1.165, 1.54) is 6.33 Å². The monoisotopic (exact) mass is 436 g/mol. The van der Waals surface area contributed by atoms with E-state index < -0.39 is 29.0 Å². The number of alkyl halides is 3. The Bertz CT molecular complexity index is 1140. The van der Waals surface area contributed by atoms with Gasteiger partial charge in [0, 0.05) is 31.4 Å². The first-order valence-corrected chi connectivity index (χ1v) is 9.55. The van der Waals surface area contributed by atoms with Crippen molar-refractivity contribution < 1.29 is 22.4 Å². The van der Waals surface area contributed by atoms with E-state index >= 15 is 0 Å². The van der Waals surface area contributed by atoms with Crippen molar-refractivity contribution in [2.24, 2.45) is 5.73 Å². The first-order valence-electron chi connectivity index (χ1n) is 9.55. The smallest absolute Gasteiger partial charge is 0.354 e. The standard InChI is InChI=1S/C20H20F4N6O/c1-11-7-26-16-15(11)17(29-10-28-16)30-5-4-19(25,9-30)8-27-18(31)12-2-3-14(21)13(6-12)20(22,23)24/h2-3,6-7,10H,4-5,8-9,25H2,1H3,(H,27,31)(H,26,28,29)/t19-/m0/s1. The van der Waals surface area contributed by atoms with Gasteiger partial charge in [-0.05, 0) is 37.1 Å². The average Bonchev–Trinajstić information content (AvgIpc) is 3.29. The second-order valence-electron chi connectivity index (χ2n) is 7.80. The summed E-state index contributed by atoms with van der Waals surface area (Å²) in [5.41, 5.74) is 5.58. The quantitative estimate of drug-likeness (QED) is 0.546. The largest absolute Gasteiger partial charge is 0.419 e. The van der Waals surface area contributed by atoms with Gasteiger partial charge in [0.2, 0.25) is 0 Å². The number of H-pyrrole nitrogens is 1. The van der Waals surface area contributed by atoms with Crippen LogP contribution < -0.4 is 16.0 Å². The summed E-state index contributed by atoms with van der Waals surface area (Å²) < 4.78 is 52.1. The van der Waals surface area contributed by atoms with Crippen molar-refractivity contribution in [1.29, 1.82) is 0 Å². The molecule has 1 fully saturated rings. The van der Waals surface area contributed by atoms with Crippen LogP contribution >= 0.6 is 0 Å². The number of aromatic amines is 1. The third kappa shape index (κ3) is 4.05. The Balaban J connectivity index is 1.46. The maximum atomic E-state index is 13.5. The van der Waals surface area contributed by atoms with Gasteiger partial charge in [-0.25, -0.2) is 14.4 Å². The van der Waals surface area contributed by atoms with Crippen LogP contribution in [0.4, 0.5) is 23.4 Å². The van der Waals surface area contributed by atoms with Gasteiger partial charge < -0.3 is 20.9 Å². The number of benzene rings is 1. The second-order valence-corrected chi connectivity index (χ2v) is 7.80. The molecule has 0 spiro atoms. The molecular weight excluding hydrogens is 416 g/mol. The molecule has 1 atom stereocenters. The van der Waals surface area contributed by atoms with E-state index in [1.54, 1.807) is 0 Å². The van der Waals surface area contributed by atoms with Crippen molar-refractivity contribution in [3.8, 4) is 0 Å². The molecule has 7 nitrogen and oxygen atoms in total. The highest BCUT2D eigenvalue weighted by molar-refractivity contribution is 5.94. The predicted octanol–water partition coefficient (Wildman–Crippen LogP) is 2.76. The van der Waals surface area contributed by atoms with Crippen molar-refractivity contribution in [3.05, 3.63) is 53.2 Å². The summed E-state index contributed by atoms with van der Waals surface area (Å²) in [5.74, 6) is -1.45. The Labute approximate surface area is 174 Å². The molecule has 4 rings (SSSR count). The van der Waals surface area contributed by atoms with Crippen LogP contribution in [0.1, 0.15) is 27.9 Å². The predicted molar refractivity (Wildman–Crippen MR) is 106 cm³/mol. The lowest BCUT2D eigenvalue weighted by molar-refractivity contribution is -0.140. The molecule has 164 valence electrons. The van der Waals surface area contributed by atoms with Gasteiger partial charge in [0.25, 0.3) is 5.91 Å². The minimum atomic E-state index is -4.89. The summed E-state index contributed by atoms with van der Waals surface area (Å²) in [6.07, 6.45) is -1.05. The van der Waals surface area contributed by atoms with E-state index in [0.29, 0.717) is 37.3 Å². The minimum Gasteiger partial charge on any atom is -0.354 e. The number of aromatic nitrogens is 3. The summed E-state index contributed by atoms with van der Waals surface area (Å²) >= 11 is 0. The van der Waals surface area contributed by atoms with E-state index in [4.69, 9.17) is 5.73 Å². The molecule has 1 aliphatic heterocycles. The molecule has 0 saturated carbocycles. The van der Waals surface area contributed by atoms with Gasteiger partial charge in [-0.1, -0.05) is 0 Å². The molecule has 4 N–H and O–H groups in total. The Hall–Kier alpha value is -3.21. The Kier molecular flexibility index (Phi) is 5.08. The highest BCUT2D eigenvalue weighted by Gasteiger charge is 2.37. The van der Waals surface area contributed by atoms with Gasteiger partial charge in [-0.2, -0.15) is 13.2 Å². The number of anilines is 1. The zero-order chi connectivity index (χ0) is 22.4. The molecule has 0 aliphatic carbocycles. The lowest BCUT2D eigenvalue weighted by Gasteiger charge is -2.25. The fourth-order valence-electron chi connectivity index (χ4n) is 3.80. The number of nitrogens with one attached hydrogen (secondary N) is 2. The third-order valence-corrected chi connectivity index (χ3v) is 5.47. The highest BCUT2D eigenvalue weighted by Crippen LogP contribution is 2.32. The summed E-state index contributed by atoms with van der Waals surface area (Å²) in [7, 11) is 0. The first kappa shape index (κ1) is 21.0. The van der Waals surface area contributed by atoms with Gasteiger partial charge in [0.15, 0.2) is 0 Å². The fraction of sp³-hybridized carbons (Fsp3) is 0.350. The van der Waals surface area contributed by atoms with Crippen LogP contribution in [-0.4, -0.2) is 46.0 Å². The summed E-state index contributed by atoms with van der Waals surface area (Å²) in [5, 5.41) is 3.47. The molecule has 1 saturated heterocycles. The number of fused-ring (bicyclic) bond motifs is 1. The van der Waals surface area contributed by atoms with Gasteiger partial charge in [-0.15, -0.1) is 0 Å². The molecular formula is C20H20F4N6O. The van der Waals surface area contributed by atoms with E-state index in [9.17, 15) is 22.4 Å². The van der Waals surface area contributed by atoms with Crippen LogP contribution in [0.2, 0.25) is 0 Å². The summed E-state index contributed by atoms with van der Waals surface area (Å²) in [4.78, 5) is 26.0. The zero-order valence-corrected chi connectivity index (χ0v) is 16.6. The number of carbonyl (C=O) groups excluding carboxylic acids is 1. The number of aryl methyl sites for hydroxylation is 1. The van der Waals surface area contributed by atoms with Crippen molar-refractivity contribution in [2.45, 2.75) is 25.1 Å². The molecule has 0 radical (unpaired) electrons. The topological polar surface area (TPSA) is 99.9 Å². The molecule has 1 amide bonds. The number of amides is 1. The van der Waals surface area contributed by atoms with Gasteiger partial charge in [-0.3, -0.25) is 4.79 Å². The number of hydrogen-bond acceptors (Lipinski definition) is 5. The second kappa shape index (κ2) is 7.49. The minimum absolute atomic E-state index is 0.0431. The number of carbonyl (C=O) groups is 1. The van der Waals surface area contributed by atoms with Gasteiger partial charge >= 0.3 is 6.18 Å². The van der Waals surface area contributed by atoms with Crippen molar-refractivity contribution in [2.75, 3.05) is 24.5 Å². The third-order valence-electron chi connectivity index (χ3n) is 5.47. The number of rotatable bonds is 4. The van der Waals surface area contributed by atoms with Crippen LogP contribution in [0, 0.1) is 12.7 Å². The molecule has 3 heterocycles. The van der Waals surface area contributed by atoms with Crippen molar-refractivity contribution in [3.63, 3.8) is 0 Å². The van der Waals surface area contributed by atoms with Crippen molar-refractivity contribution >= 4 is 22.8 Å². The normalized spacial score (nSPS) is 19.2. The molecule has 3 aromatic rings. The number of nitrogens with zero attached hydrogens (tertiary/aromatic N) is 3. The van der Waals surface area contributed by atoms with E-state index in [-0.39, 0.29) is 12.1 Å². The van der Waals surface area contributed by atoms with Gasteiger partial charge in [0.1, 0.15) is 23.6 Å². The highest BCUT2D eigenvalue weighted by atomic mass is 19.4. The maximum Gasteiger partial charge on any atom is 0.419 e. The SMILES string of the molecule is Cc1c[nH]c2ncnc(N3CC[C@](N)(CNC(=O)c4ccc(F)c(C(F)(F)F)c4)C3)c12. The van der Waals surface area contributed by atoms with E-state index in [0.717, 1.165) is 22.8 Å². The van der Waals surface area contributed by atoms with Crippen LogP contribution in [-0.2, 0) is 6.18 Å². The number of nitrogens with two attached hydrogens (primary N) is 1. The molecule has 0 unspecified atom stereocenters. The molecule has 1 aliphatic rings. The van der Waals surface area contributed by atoms with Gasteiger partial charge in [0.05, 0.1) is 16.5 Å². The van der Waals surface area contributed by atoms with E-state index in [2.05, 4.69) is 20.3 Å². The summed E-state index contributed by atoms with van der Waals surface area (Å²) in [6, 6.07) is 2.14. The molecule has 11 heteroatoms. The fourth-order valence-corrected chi connectivity index (χ4v) is 3.80. The van der Waals surface area contributed by atoms with Crippen LogP contribution in [0.15, 0.2) is 30.7 Å². The van der Waals surface area contributed by atoms with Crippen LogP contribution in [0.25, 0.3) is 11.0 Å². The van der Waals surface area contributed by atoms with E-state index in [1.807, 2.05) is 18.0 Å².